The van der Waals surface area contributed by atoms with Crippen molar-refractivity contribution in [2.75, 3.05) is 13.1 Å². The quantitative estimate of drug-likeness (QED) is 0.460. The van der Waals surface area contributed by atoms with Crippen LogP contribution in [0.2, 0.25) is 0 Å². The molecule has 0 fully saturated rings. The van der Waals surface area contributed by atoms with Gasteiger partial charge >= 0.3 is 0 Å². The summed E-state index contributed by atoms with van der Waals surface area (Å²) in [6.45, 7) is 5.42. The van der Waals surface area contributed by atoms with Gasteiger partial charge in [0.15, 0.2) is 0 Å². The zero-order valence-corrected chi connectivity index (χ0v) is 6.19. The van der Waals surface area contributed by atoms with Crippen molar-refractivity contribution in [2.45, 2.75) is 6.42 Å². The first-order valence-electron chi connectivity index (χ1n) is 2.98. The normalized spacial score (nSPS) is 10.3. The Morgan fingerprint density at radius 2 is 2.33 bits per heavy atom. The van der Waals surface area contributed by atoms with Crippen LogP contribution in [-0.4, -0.2) is 13.1 Å². The van der Waals surface area contributed by atoms with E-state index in [0.717, 1.165) is 19.5 Å². The van der Waals surface area contributed by atoms with E-state index in [4.69, 9.17) is 11.6 Å². The molecule has 0 saturated heterocycles. The van der Waals surface area contributed by atoms with E-state index < -0.39 is 0 Å². The van der Waals surface area contributed by atoms with Crippen LogP contribution in [0.3, 0.4) is 0 Å². The van der Waals surface area contributed by atoms with E-state index in [1.165, 1.54) is 5.54 Å². The lowest BCUT2D eigenvalue weighted by atomic mass is 10.4. The summed E-state index contributed by atoms with van der Waals surface area (Å²) in [6, 6.07) is 0. The fraction of sp³-hybridized carbons (Fsp3) is 0.429. The molecule has 0 aromatic rings. The van der Waals surface area contributed by atoms with Crippen LogP contribution in [0.5, 0.6) is 0 Å². The van der Waals surface area contributed by atoms with Crippen LogP contribution in [0.1, 0.15) is 6.42 Å². The van der Waals surface area contributed by atoms with Crippen LogP contribution in [0.15, 0.2) is 24.3 Å². The molecule has 2 heteroatoms. The summed E-state index contributed by atoms with van der Waals surface area (Å²) in [5, 5.41) is 3.14. The van der Waals surface area contributed by atoms with Crippen molar-refractivity contribution in [1.29, 1.82) is 0 Å². The van der Waals surface area contributed by atoms with Gasteiger partial charge in [-0.05, 0) is 13.0 Å². The summed E-state index contributed by atoms with van der Waals surface area (Å²) < 4.78 is 0. The predicted molar refractivity (Wildman–Crippen MR) is 42.7 cm³/mol. The van der Waals surface area contributed by atoms with Gasteiger partial charge in [0.25, 0.3) is 0 Å². The van der Waals surface area contributed by atoms with Crippen molar-refractivity contribution < 1.29 is 0 Å². The molecule has 0 bridgehead atoms. The fourth-order valence-corrected chi connectivity index (χ4v) is 0.523. The minimum Gasteiger partial charge on any atom is -0.313 e. The zero-order valence-electron chi connectivity index (χ0n) is 5.44. The van der Waals surface area contributed by atoms with Gasteiger partial charge in [0.2, 0.25) is 0 Å². The molecule has 0 saturated carbocycles. The summed E-state index contributed by atoms with van der Waals surface area (Å²) in [5.74, 6) is 0. The standard InChI is InChI=1S/C7H12ClN/c1-2-3-6-9-7-4-5-8/h2,4-5,9H,1,3,6-7H2/b5-4+. The highest BCUT2D eigenvalue weighted by atomic mass is 35.5. The number of hydrogen-bond donors (Lipinski definition) is 1. The molecule has 0 aromatic heterocycles. The highest BCUT2D eigenvalue weighted by Crippen LogP contribution is 1.77. The van der Waals surface area contributed by atoms with Crippen LogP contribution >= 0.6 is 11.6 Å². The van der Waals surface area contributed by atoms with Gasteiger partial charge in [0.05, 0.1) is 0 Å². The highest BCUT2D eigenvalue weighted by Gasteiger charge is 1.77. The number of halogens is 1. The SMILES string of the molecule is C=CCCNC/C=C/Cl. The monoisotopic (exact) mass is 145 g/mol. The average molecular weight is 146 g/mol. The van der Waals surface area contributed by atoms with Gasteiger partial charge < -0.3 is 5.32 Å². The lowest BCUT2D eigenvalue weighted by molar-refractivity contribution is 0.757. The van der Waals surface area contributed by atoms with Crippen molar-refractivity contribution in [3.8, 4) is 0 Å². The van der Waals surface area contributed by atoms with Crippen LogP contribution in [0.25, 0.3) is 0 Å². The molecule has 0 rings (SSSR count). The maximum Gasteiger partial charge on any atom is 0.0146 e. The number of rotatable bonds is 5. The van der Waals surface area contributed by atoms with E-state index in [2.05, 4.69) is 11.9 Å². The third-order valence-corrected chi connectivity index (χ3v) is 1.05. The molecule has 1 N–H and O–H groups in total. The Morgan fingerprint density at radius 1 is 1.56 bits per heavy atom. The Hall–Kier alpha value is -0.270. The fourth-order valence-electron chi connectivity index (χ4n) is 0.434. The van der Waals surface area contributed by atoms with Crippen LogP contribution in [0, 0.1) is 0 Å². The van der Waals surface area contributed by atoms with Crippen molar-refractivity contribution in [3.63, 3.8) is 0 Å². The largest absolute Gasteiger partial charge is 0.313 e. The van der Waals surface area contributed by atoms with E-state index in [1.807, 2.05) is 12.2 Å². The molecule has 0 radical (unpaired) electrons. The Balaban J connectivity index is 2.82. The van der Waals surface area contributed by atoms with Crippen LogP contribution < -0.4 is 5.32 Å². The summed E-state index contributed by atoms with van der Waals surface area (Å²) in [4.78, 5) is 0. The van der Waals surface area contributed by atoms with Crippen LogP contribution in [0.4, 0.5) is 0 Å². The second-order valence-corrected chi connectivity index (χ2v) is 1.90. The molecule has 9 heavy (non-hydrogen) atoms. The average Bonchev–Trinajstić information content (AvgIpc) is 1.89. The Labute approximate surface area is 61.4 Å². The number of hydrogen-bond acceptors (Lipinski definition) is 1. The minimum atomic E-state index is 0.845. The summed E-state index contributed by atoms with van der Waals surface area (Å²) >= 11 is 5.27. The summed E-state index contributed by atoms with van der Waals surface area (Å²) in [6.07, 6.45) is 4.76. The van der Waals surface area contributed by atoms with Crippen molar-refractivity contribution >= 4 is 11.6 Å². The van der Waals surface area contributed by atoms with Gasteiger partial charge in [0.1, 0.15) is 0 Å². The molecule has 0 amide bonds. The molecule has 0 aromatic carbocycles. The second kappa shape index (κ2) is 7.73. The third-order valence-electron chi connectivity index (χ3n) is 0.877. The van der Waals surface area contributed by atoms with Crippen molar-refractivity contribution in [3.05, 3.63) is 24.3 Å². The maximum atomic E-state index is 5.27. The van der Waals surface area contributed by atoms with E-state index in [9.17, 15) is 0 Å². The Kier molecular flexibility index (Phi) is 7.50. The van der Waals surface area contributed by atoms with Gasteiger partial charge in [-0.25, -0.2) is 0 Å². The third kappa shape index (κ3) is 7.73. The molecule has 0 atom stereocenters. The Bertz CT molecular complexity index is 88.9. The molecule has 0 spiro atoms. The first-order valence-corrected chi connectivity index (χ1v) is 3.42. The van der Waals surface area contributed by atoms with Gasteiger partial charge in [0, 0.05) is 12.1 Å². The maximum absolute atomic E-state index is 5.27. The molecule has 0 aliphatic rings. The van der Waals surface area contributed by atoms with Crippen molar-refractivity contribution in [2.24, 2.45) is 0 Å². The molecule has 52 valence electrons. The lowest BCUT2D eigenvalue weighted by Gasteiger charge is -1.94. The lowest BCUT2D eigenvalue weighted by Crippen LogP contribution is -2.13. The molecular weight excluding hydrogens is 134 g/mol. The summed E-state index contributed by atoms with van der Waals surface area (Å²) in [7, 11) is 0. The summed E-state index contributed by atoms with van der Waals surface area (Å²) in [5.41, 5.74) is 1.51. The molecule has 0 unspecified atom stereocenters. The van der Waals surface area contributed by atoms with E-state index >= 15 is 0 Å². The minimum absolute atomic E-state index is 0.845. The molecular formula is C7H12ClN. The topological polar surface area (TPSA) is 12.0 Å². The smallest absolute Gasteiger partial charge is 0.0146 e. The van der Waals surface area contributed by atoms with Gasteiger partial charge in [-0.2, -0.15) is 0 Å². The van der Waals surface area contributed by atoms with E-state index in [-0.39, 0.29) is 0 Å². The van der Waals surface area contributed by atoms with Gasteiger partial charge in [-0.3, -0.25) is 0 Å². The first kappa shape index (κ1) is 8.73. The van der Waals surface area contributed by atoms with Crippen molar-refractivity contribution in [1.82, 2.24) is 5.32 Å². The predicted octanol–water partition coefficient (Wildman–Crippen LogP) is 1.90. The molecule has 0 aliphatic heterocycles. The van der Waals surface area contributed by atoms with E-state index in [1.54, 1.807) is 0 Å². The molecule has 1 nitrogen and oxygen atoms in total. The van der Waals surface area contributed by atoms with Crippen LogP contribution in [-0.2, 0) is 0 Å². The zero-order chi connectivity index (χ0) is 6.95. The molecule has 0 aliphatic carbocycles. The van der Waals surface area contributed by atoms with Gasteiger partial charge in [-0.15, -0.1) is 6.58 Å². The highest BCUT2D eigenvalue weighted by molar-refractivity contribution is 6.25. The second-order valence-electron chi connectivity index (χ2n) is 1.64. The van der Waals surface area contributed by atoms with Gasteiger partial charge in [-0.1, -0.05) is 23.8 Å². The molecule has 0 heterocycles. The number of nitrogens with one attached hydrogen (secondary N) is 1. The first-order chi connectivity index (χ1) is 4.41. The Morgan fingerprint density at radius 3 is 2.89 bits per heavy atom. The van der Waals surface area contributed by atoms with E-state index in [0.29, 0.717) is 0 Å².